The van der Waals surface area contributed by atoms with Gasteiger partial charge in [0.25, 0.3) is 0 Å². The number of hydrogen-bond donors (Lipinski definition) is 0. The van der Waals surface area contributed by atoms with Crippen molar-refractivity contribution in [2.45, 2.75) is 43.8 Å². The summed E-state index contributed by atoms with van der Waals surface area (Å²) in [4.78, 5) is 22.0. The highest BCUT2D eigenvalue weighted by atomic mass is 32.2. The van der Waals surface area contributed by atoms with E-state index in [4.69, 9.17) is 0 Å². The fourth-order valence-corrected chi connectivity index (χ4v) is 6.59. The minimum atomic E-state index is 0.146. The molecule has 0 atom stereocenters. The Hall–Kier alpha value is -2.45. The molecule has 30 heavy (non-hydrogen) atoms. The molecule has 6 nitrogen and oxygen atoms in total. The van der Waals surface area contributed by atoms with Crippen molar-refractivity contribution < 1.29 is 4.79 Å². The predicted octanol–water partition coefficient (Wildman–Crippen LogP) is 3.89. The Balaban J connectivity index is 1.23. The summed E-state index contributed by atoms with van der Waals surface area (Å²) in [6.07, 6.45) is 7.46. The average molecular weight is 436 g/mol. The van der Waals surface area contributed by atoms with Crippen molar-refractivity contribution in [3.63, 3.8) is 0 Å². The molecule has 0 bridgehead atoms. The third-order valence-electron chi connectivity index (χ3n) is 6.14. The average Bonchev–Trinajstić information content (AvgIpc) is 3.37. The summed E-state index contributed by atoms with van der Waals surface area (Å²) in [7, 11) is 0. The van der Waals surface area contributed by atoms with Crippen molar-refractivity contribution in [2.75, 3.05) is 12.3 Å². The molecule has 1 aromatic carbocycles. The van der Waals surface area contributed by atoms with E-state index in [0.29, 0.717) is 12.3 Å². The van der Waals surface area contributed by atoms with Crippen LogP contribution in [-0.4, -0.2) is 42.7 Å². The van der Waals surface area contributed by atoms with Gasteiger partial charge in [-0.3, -0.25) is 9.20 Å². The summed E-state index contributed by atoms with van der Waals surface area (Å²) < 4.78 is 1.95. The SMILES string of the molecule is O=C(CSc1nnc2c3c4c(sc3ncn12)CCCC4)N1CCc2ccccc2C1. The summed E-state index contributed by atoms with van der Waals surface area (Å²) >= 11 is 3.25. The summed E-state index contributed by atoms with van der Waals surface area (Å²) in [5, 5.41) is 10.8. The van der Waals surface area contributed by atoms with E-state index in [0.717, 1.165) is 46.8 Å². The molecule has 0 saturated heterocycles. The topological polar surface area (TPSA) is 63.4 Å². The Morgan fingerprint density at radius 1 is 1.10 bits per heavy atom. The minimum absolute atomic E-state index is 0.146. The van der Waals surface area contributed by atoms with E-state index in [2.05, 4.69) is 33.4 Å². The molecular weight excluding hydrogens is 414 g/mol. The normalized spacial score (nSPS) is 16.1. The van der Waals surface area contributed by atoms with Crippen molar-refractivity contribution in [3.8, 4) is 0 Å². The van der Waals surface area contributed by atoms with E-state index in [9.17, 15) is 4.79 Å². The maximum atomic E-state index is 12.8. The molecule has 0 saturated carbocycles. The number of hydrogen-bond acceptors (Lipinski definition) is 6. The van der Waals surface area contributed by atoms with Gasteiger partial charge in [0.05, 0.1) is 11.1 Å². The van der Waals surface area contributed by atoms with Crippen LogP contribution in [0.25, 0.3) is 15.9 Å². The molecule has 4 heterocycles. The number of aromatic nitrogens is 4. The minimum Gasteiger partial charge on any atom is -0.337 e. The Morgan fingerprint density at radius 3 is 2.90 bits per heavy atom. The van der Waals surface area contributed by atoms with Crippen LogP contribution in [0, 0.1) is 0 Å². The standard InChI is InChI=1S/C22H21N5OS2/c28-18(26-10-9-14-5-1-2-6-15(14)11-26)12-29-22-25-24-20-19-16-7-3-4-8-17(16)30-21(19)23-13-27(20)22/h1-2,5-6,13H,3-4,7-12H2. The van der Waals surface area contributed by atoms with E-state index in [-0.39, 0.29) is 5.91 Å². The Kier molecular flexibility index (Phi) is 4.49. The van der Waals surface area contributed by atoms with Crippen LogP contribution in [0.5, 0.6) is 0 Å². The van der Waals surface area contributed by atoms with Gasteiger partial charge in [-0.25, -0.2) is 4.98 Å². The first-order valence-corrected chi connectivity index (χ1v) is 12.2. The molecule has 0 unspecified atom stereocenters. The Labute approximate surface area is 182 Å². The number of carbonyl (C=O) groups excluding carboxylic acids is 1. The number of thiophene rings is 1. The van der Waals surface area contributed by atoms with Crippen molar-refractivity contribution >= 4 is 44.9 Å². The zero-order valence-corrected chi connectivity index (χ0v) is 18.1. The van der Waals surface area contributed by atoms with Crippen molar-refractivity contribution in [3.05, 3.63) is 52.2 Å². The molecule has 0 spiro atoms. The monoisotopic (exact) mass is 435 g/mol. The van der Waals surface area contributed by atoms with E-state index in [1.165, 1.54) is 46.2 Å². The molecule has 0 radical (unpaired) electrons. The largest absolute Gasteiger partial charge is 0.337 e. The Morgan fingerprint density at radius 2 is 1.97 bits per heavy atom. The smallest absolute Gasteiger partial charge is 0.233 e. The van der Waals surface area contributed by atoms with Gasteiger partial charge in [-0.1, -0.05) is 36.0 Å². The third-order valence-corrected chi connectivity index (χ3v) is 8.27. The molecule has 6 rings (SSSR count). The molecule has 0 fully saturated rings. The van der Waals surface area contributed by atoms with Crippen LogP contribution in [0.4, 0.5) is 0 Å². The van der Waals surface area contributed by atoms with Crippen LogP contribution >= 0.6 is 23.1 Å². The number of fused-ring (bicyclic) bond motifs is 6. The van der Waals surface area contributed by atoms with Crippen molar-refractivity contribution in [2.24, 2.45) is 0 Å². The molecule has 2 aliphatic rings. The lowest BCUT2D eigenvalue weighted by Gasteiger charge is -2.28. The number of nitrogens with zero attached hydrogens (tertiary/aromatic N) is 5. The first kappa shape index (κ1) is 18.3. The summed E-state index contributed by atoms with van der Waals surface area (Å²) in [6.45, 7) is 1.47. The molecule has 152 valence electrons. The first-order chi connectivity index (χ1) is 14.8. The molecule has 4 aromatic rings. The first-order valence-electron chi connectivity index (χ1n) is 10.4. The molecule has 0 N–H and O–H groups in total. The molecule has 3 aromatic heterocycles. The van der Waals surface area contributed by atoms with E-state index in [1.807, 2.05) is 21.7 Å². The van der Waals surface area contributed by atoms with Crippen molar-refractivity contribution in [1.82, 2.24) is 24.5 Å². The quantitative estimate of drug-likeness (QED) is 0.457. The van der Waals surface area contributed by atoms with Gasteiger partial charge in [0.1, 0.15) is 11.2 Å². The molecule has 1 aliphatic carbocycles. The Bertz CT molecular complexity index is 1280. The number of carbonyl (C=O) groups is 1. The lowest BCUT2D eigenvalue weighted by molar-refractivity contribution is -0.129. The fourth-order valence-electron chi connectivity index (χ4n) is 4.56. The lowest BCUT2D eigenvalue weighted by atomic mass is 9.97. The fraction of sp³-hybridized carbons (Fsp3) is 0.364. The van der Waals surface area contributed by atoms with Gasteiger partial charge in [-0.15, -0.1) is 21.5 Å². The molecular formula is C22H21N5OS2. The zero-order valence-electron chi connectivity index (χ0n) is 16.5. The van der Waals surface area contributed by atoms with Crippen molar-refractivity contribution in [1.29, 1.82) is 0 Å². The summed E-state index contributed by atoms with van der Waals surface area (Å²) in [5.74, 6) is 0.510. The van der Waals surface area contributed by atoms with Crippen LogP contribution in [-0.2, 0) is 30.6 Å². The van der Waals surface area contributed by atoms with Gasteiger partial charge in [0, 0.05) is 18.0 Å². The number of benzene rings is 1. The van der Waals surface area contributed by atoms with Crippen LogP contribution in [0.2, 0.25) is 0 Å². The van der Waals surface area contributed by atoms with Gasteiger partial charge in [0.2, 0.25) is 5.91 Å². The van der Waals surface area contributed by atoms with Gasteiger partial charge in [0.15, 0.2) is 10.8 Å². The second kappa shape index (κ2) is 7.35. The van der Waals surface area contributed by atoms with Crippen LogP contribution in [0.1, 0.15) is 34.4 Å². The van der Waals surface area contributed by atoms with E-state index < -0.39 is 0 Å². The molecule has 8 heteroatoms. The van der Waals surface area contributed by atoms with Gasteiger partial charge >= 0.3 is 0 Å². The highest BCUT2D eigenvalue weighted by Gasteiger charge is 2.23. The second-order valence-corrected chi connectivity index (χ2v) is 9.96. The number of rotatable bonds is 3. The van der Waals surface area contributed by atoms with E-state index >= 15 is 0 Å². The van der Waals surface area contributed by atoms with E-state index in [1.54, 1.807) is 11.3 Å². The number of amides is 1. The lowest BCUT2D eigenvalue weighted by Crippen LogP contribution is -2.37. The molecule has 1 aliphatic heterocycles. The molecule has 1 amide bonds. The predicted molar refractivity (Wildman–Crippen MR) is 119 cm³/mol. The maximum Gasteiger partial charge on any atom is 0.233 e. The van der Waals surface area contributed by atoms with Crippen LogP contribution in [0.3, 0.4) is 0 Å². The van der Waals surface area contributed by atoms with Crippen LogP contribution in [0.15, 0.2) is 35.7 Å². The third kappa shape index (κ3) is 3.01. The highest BCUT2D eigenvalue weighted by Crippen LogP contribution is 2.37. The van der Waals surface area contributed by atoms with Crippen LogP contribution < -0.4 is 0 Å². The number of thioether (sulfide) groups is 1. The van der Waals surface area contributed by atoms with Gasteiger partial charge in [-0.05, 0) is 48.8 Å². The van der Waals surface area contributed by atoms with Gasteiger partial charge in [-0.2, -0.15) is 0 Å². The summed E-state index contributed by atoms with van der Waals surface area (Å²) in [5.41, 5.74) is 4.89. The zero-order chi connectivity index (χ0) is 20.1. The van der Waals surface area contributed by atoms with Gasteiger partial charge < -0.3 is 4.90 Å². The maximum absolute atomic E-state index is 12.8. The second-order valence-electron chi connectivity index (χ2n) is 7.93. The summed E-state index contributed by atoms with van der Waals surface area (Å²) in [6, 6.07) is 8.39. The number of aryl methyl sites for hydroxylation is 2. The highest BCUT2D eigenvalue weighted by molar-refractivity contribution is 7.99.